The van der Waals surface area contributed by atoms with E-state index in [0.29, 0.717) is 0 Å². The summed E-state index contributed by atoms with van der Waals surface area (Å²) in [4.78, 5) is 0. The van der Waals surface area contributed by atoms with Crippen molar-refractivity contribution in [3.63, 3.8) is 0 Å². The molecule has 0 unspecified atom stereocenters. The lowest BCUT2D eigenvalue weighted by molar-refractivity contribution is 0.681. The molecule has 0 atom stereocenters. The Balaban J connectivity index is 2.42. The average molecular weight is 112 g/mol. The molecular formula is C4H8N2Si. The molecule has 1 aliphatic heterocycles. The molecule has 0 aromatic rings. The zero-order valence-corrected chi connectivity index (χ0v) is 5.55. The third kappa shape index (κ3) is 0.960. The van der Waals surface area contributed by atoms with Crippen molar-refractivity contribution in [1.29, 1.82) is 0 Å². The second kappa shape index (κ2) is 1.58. The standard InChI is InChI=1S/C4H8N2Si/c1-5-3-4-6(2)7-5/h3-4H,1-2H3. The molecule has 0 spiro atoms. The minimum Gasteiger partial charge on any atom is -0.388 e. The smallest absolute Gasteiger partial charge is 0.331 e. The van der Waals surface area contributed by atoms with Gasteiger partial charge in [0.2, 0.25) is 0 Å². The van der Waals surface area contributed by atoms with E-state index in [1.165, 1.54) is 0 Å². The highest BCUT2D eigenvalue weighted by Gasteiger charge is 2.04. The average Bonchev–Trinajstić information content (AvgIpc) is 1.87. The molecule has 2 radical (unpaired) electrons. The van der Waals surface area contributed by atoms with E-state index >= 15 is 0 Å². The van der Waals surface area contributed by atoms with E-state index in [1.807, 2.05) is 0 Å². The van der Waals surface area contributed by atoms with Crippen LogP contribution in [0.4, 0.5) is 0 Å². The molecule has 0 amide bonds. The first-order valence-corrected chi connectivity index (χ1v) is 3.09. The van der Waals surface area contributed by atoms with E-state index in [2.05, 4.69) is 35.6 Å². The fraction of sp³-hybridized carbons (Fsp3) is 0.500. The van der Waals surface area contributed by atoms with E-state index in [-0.39, 0.29) is 0 Å². The molecule has 0 N–H and O–H groups in total. The van der Waals surface area contributed by atoms with Crippen LogP contribution in [-0.2, 0) is 0 Å². The van der Waals surface area contributed by atoms with E-state index in [0.717, 1.165) is 9.84 Å². The summed E-state index contributed by atoms with van der Waals surface area (Å²) in [7, 11) is 4.95. The van der Waals surface area contributed by atoms with Gasteiger partial charge in [-0.25, -0.2) is 0 Å². The van der Waals surface area contributed by atoms with Gasteiger partial charge in [-0.2, -0.15) is 0 Å². The summed E-state index contributed by atoms with van der Waals surface area (Å²) in [6.07, 6.45) is 4.14. The molecule has 2 nitrogen and oxygen atoms in total. The van der Waals surface area contributed by atoms with Gasteiger partial charge in [-0.1, -0.05) is 0 Å². The number of rotatable bonds is 0. The number of hydrogen-bond donors (Lipinski definition) is 0. The maximum atomic E-state index is 2.15. The molecule has 1 rings (SSSR count). The summed E-state index contributed by atoms with van der Waals surface area (Å²) >= 11 is 0. The third-order valence-corrected chi connectivity index (χ3v) is 1.76. The Bertz CT molecular complexity index is 81.7. The molecule has 0 fully saturated rings. The minimum atomic E-state index is 0.812. The van der Waals surface area contributed by atoms with Crippen molar-refractivity contribution in [2.45, 2.75) is 0 Å². The lowest BCUT2D eigenvalue weighted by Crippen LogP contribution is -2.22. The van der Waals surface area contributed by atoms with Gasteiger partial charge in [-0.3, -0.25) is 0 Å². The maximum absolute atomic E-state index is 2.15. The summed E-state index contributed by atoms with van der Waals surface area (Å²) in [5.41, 5.74) is 0. The third-order valence-electron chi connectivity index (χ3n) is 0.829. The monoisotopic (exact) mass is 112 g/mol. The molecule has 7 heavy (non-hydrogen) atoms. The van der Waals surface area contributed by atoms with Crippen LogP contribution in [-0.4, -0.2) is 33.1 Å². The molecule has 0 saturated carbocycles. The zero-order chi connectivity index (χ0) is 5.28. The van der Waals surface area contributed by atoms with E-state index < -0.39 is 0 Å². The molecule has 0 aliphatic carbocycles. The highest BCUT2D eigenvalue weighted by molar-refractivity contribution is 6.30. The van der Waals surface area contributed by atoms with Crippen LogP contribution in [0.2, 0.25) is 0 Å². The van der Waals surface area contributed by atoms with Gasteiger partial charge in [-0.05, 0) is 14.1 Å². The van der Waals surface area contributed by atoms with Gasteiger partial charge < -0.3 is 9.13 Å². The lowest BCUT2D eigenvalue weighted by Gasteiger charge is -2.07. The van der Waals surface area contributed by atoms with Gasteiger partial charge in [-0.15, -0.1) is 0 Å². The Morgan fingerprint density at radius 2 is 1.57 bits per heavy atom. The van der Waals surface area contributed by atoms with Crippen molar-refractivity contribution in [2.75, 3.05) is 14.1 Å². The van der Waals surface area contributed by atoms with Gasteiger partial charge in [0, 0.05) is 12.4 Å². The summed E-state index contributed by atoms with van der Waals surface area (Å²) in [6.45, 7) is 0. The van der Waals surface area contributed by atoms with Crippen LogP contribution in [0, 0.1) is 0 Å². The van der Waals surface area contributed by atoms with Gasteiger partial charge in [0.25, 0.3) is 0 Å². The molecule has 1 heterocycles. The van der Waals surface area contributed by atoms with Crippen LogP contribution in [0.25, 0.3) is 0 Å². The highest BCUT2D eigenvalue weighted by Crippen LogP contribution is 1.94. The van der Waals surface area contributed by atoms with E-state index in [4.69, 9.17) is 0 Å². The summed E-state index contributed by atoms with van der Waals surface area (Å²) in [5.74, 6) is 0. The van der Waals surface area contributed by atoms with Crippen LogP contribution < -0.4 is 0 Å². The van der Waals surface area contributed by atoms with Crippen LogP contribution in [0.5, 0.6) is 0 Å². The SMILES string of the molecule is CN1C=CN(C)[Si]1. The van der Waals surface area contributed by atoms with E-state index in [9.17, 15) is 0 Å². The quantitative estimate of drug-likeness (QED) is 0.403. The second-order valence-corrected chi connectivity index (χ2v) is 3.23. The lowest BCUT2D eigenvalue weighted by atomic mass is 10.9. The Morgan fingerprint density at radius 1 is 1.14 bits per heavy atom. The second-order valence-electron chi connectivity index (χ2n) is 1.62. The van der Waals surface area contributed by atoms with Gasteiger partial charge in [0.05, 0.1) is 0 Å². The summed E-state index contributed by atoms with van der Waals surface area (Å²) in [5, 5.41) is 0. The fourth-order valence-corrected chi connectivity index (χ4v) is 1.28. The van der Waals surface area contributed by atoms with Crippen LogP contribution in [0.15, 0.2) is 12.4 Å². The van der Waals surface area contributed by atoms with Crippen molar-refractivity contribution < 1.29 is 0 Å². The predicted octanol–water partition coefficient (Wildman–Crippen LogP) is -0.131. The Labute approximate surface area is 46.4 Å². The predicted molar refractivity (Wildman–Crippen MR) is 30.4 cm³/mol. The molecule has 1 aliphatic rings. The maximum Gasteiger partial charge on any atom is 0.331 e. The van der Waals surface area contributed by atoms with Crippen molar-refractivity contribution in [3.8, 4) is 0 Å². The van der Waals surface area contributed by atoms with Crippen molar-refractivity contribution >= 4 is 9.84 Å². The van der Waals surface area contributed by atoms with Gasteiger partial charge in [0.1, 0.15) is 0 Å². The summed E-state index contributed by atoms with van der Waals surface area (Å²) in [6, 6.07) is 0. The van der Waals surface area contributed by atoms with Crippen LogP contribution >= 0.6 is 0 Å². The topological polar surface area (TPSA) is 6.48 Å². The Morgan fingerprint density at radius 3 is 1.71 bits per heavy atom. The van der Waals surface area contributed by atoms with Gasteiger partial charge >= 0.3 is 9.84 Å². The molecule has 0 aromatic carbocycles. The van der Waals surface area contributed by atoms with Gasteiger partial charge in [0.15, 0.2) is 0 Å². The normalized spacial score (nSPS) is 19.1. The fourth-order valence-electron chi connectivity index (χ4n) is 0.515. The number of nitrogens with zero attached hydrogens (tertiary/aromatic N) is 2. The summed E-state index contributed by atoms with van der Waals surface area (Å²) < 4.78 is 4.31. The van der Waals surface area contributed by atoms with Crippen molar-refractivity contribution in [1.82, 2.24) is 9.13 Å². The molecule has 0 aromatic heterocycles. The molecule has 0 saturated heterocycles. The van der Waals surface area contributed by atoms with Crippen molar-refractivity contribution in [3.05, 3.63) is 12.4 Å². The zero-order valence-electron chi connectivity index (χ0n) is 4.55. The highest BCUT2D eigenvalue weighted by atomic mass is 28.2. The minimum absolute atomic E-state index is 0.812. The first-order chi connectivity index (χ1) is 3.29. The Kier molecular flexibility index (Phi) is 1.06. The van der Waals surface area contributed by atoms with E-state index in [1.54, 1.807) is 0 Å². The molecule has 0 bridgehead atoms. The molecule has 38 valence electrons. The Hall–Kier alpha value is -0.443. The first kappa shape index (κ1) is 4.71. The largest absolute Gasteiger partial charge is 0.388 e. The van der Waals surface area contributed by atoms with Crippen LogP contribution in [0.3, 0.4) is 0 Å². The van der Waals surface area contributed by atoms with Crippen molar-refractivity contribution in [2.24, 2.45) is 0 Å². The first-order valence-electron chi connectivity index (χ1n) is 2.19. The van der Waals surface area contributed by atoms with Crippen LogP contribution in [0.1, 0.15) is 0 Å². The number of hydrogen-bond acceptors (Lipinski definition) is 2. The molecular weight excluding hydrogens is 104 g/mol. The molecule has 3 heteroatoms.